The second-order valence-electron chi connectivity index (χ2n) is 5.31. The van der Waals surface area contributed by atoms with Crippen molar-refractivity contribution in [2.45, 2.75) is 5.37 Å². The van der Waals surface area contributed by atoms with Gasteiger partial charge in [0.05, 0.1) is 10.6 Å². The van der Waals surface area contributed by atoms with Gasteiger partial charge >= 0.3 is 0 Å². The second kappa shape index (κ2) is 5.98. The summed E-state index contributed by atoms with van der Waals surface area (Å²) in [5.74, 6) is 2.35. The summed E-state index contributed by atoms with van der Waals surface area (Å²) in [5.41, 5.74) is 1.58. The van der Waals surface area contributed by atoms with Crippen molar-refractivity contribution in [1.82, 2.24) is 4.90 Å². The first-order chi connectivity index (χ1) is 11.2. The number of rotatable bonds is 2. The van der Waals surface area contributed by atoms with E-state index < -0.39 is 0 Å². The van der Waals surface area contributed by atoms with E-state index in [1.54, 1.807) is 23.9 Å². The lowest BCUT2D eigenvalue weighted by Crippen LogP contribution is -2.30. The lowest BCUT2D eigenvalue weighted by atomic mass is 10.1. The van der Waals surface area contributed by atoms with Crippen LogP contribution in [0.3, 0.4) is 0 Å². The van der Waals surface area contributed by atoms with Crippen LogP contribution in [0, 0.1) is 0 Å². The third kappa shape index (κ3) is 2.64. The van der Waals surface area contributed by atoms with Gasteiger partial charge in [0, 0.05) is 12.3 Å². The summed E-state index contributed by atoms with van der Waals surface area (Å²) in [6.07, 6.45) is 0. The van der Waals surface area contributed by atoms with Crippen LogP contribution in [0.25, 0.3) is 0 Å². The third-order valence-electron chi connectivity index (χ3n) is 3.94. The van der Waals surface area contributed by atoms with E-state index in [4.69, 9.17) is 21.1 Å². The van der Waals surface area contributed by atoms with Crippen LogP contribution in [0.4, 0.5) is 0 Å². The molecule has 0 saturated carbocycles. The van der Waals surface area contributed by atoms with Crippen molar-refractivity contribution < 1.29 is 14.3 Å². The molecule has 1 unspecified atom stereocenters. The largest absolute Gasteiger partial charge is 0.454 e. The highest BCUT2D eigenvalue weighted by molar-refractivity contribution is 7.99. The minimum absolute atomic E-state index is 0.0340. The van der Waals surface area contributed by atoms with Crippen LogP contribution >= 0.6 is 23.4 Å². The van der Waals surface area contributed by atoms with E-state index in [0.29, 0.717) is 17.1 Å². The maximum Gasteiger partial charge on any atom is 0.256 e. The highest BCUT2D eigenvalue weighted by atomic mass is 35.5. The van der Waals surface area contributed by atoms with Crippen LogP contribution in [0.5, 0.6) is 11.5 Å². The number of benzene rings is 2. The number of carbonyl (C=O) groups excluding carboxylic acids is 1. The average molecular weight is 348 g/mol. The minimum Gasteiger partial charge on any atom is -0.454 e. The first-order valence-corrected chi connectivity index (χ1v) is 8.73. The van der Waals surface area contributed by atoms with Gasteiger partial charge in [0.1, 0.15) is 5.37 Å². The van der Waals surface area contributed by atoms with Crippen LogP contribution in [0.15, 0.2) is 42.5 Å². The van der Waals surface area contributed by atoms with Gasteiger partial charge < -0.3 is 14.4 Å². The first-order valence-electron chi connectivity index (χ1n) is 7.31. The van der Waals surface area contributed by atoms with Gasteiger partial charge in [-0.25, -0.2) is 0 Å². The molecule has 0 aliphatic carbocycles. The molecule has 23 heavy (non-hydrogen) atoms. The molecule has 0 aromatic heterocycles. The van der Waals surface area contributed by atoms with E-state index >= 15 is 0 Å². The van der Waals surface area contributed by atoms with Gasteiger partial charge in [-0.2, -0.15) is 0 Å². The molecule has 2 aromatic rings. The van der Waals surface area contributed by atoms with Gasteiger partial charge in [0.25, 0.3) is 5.91 Å². The quantitative estimate of drug-likeness (QED) is 0.824. The summed E-state index contributed by atoms with van der Waals surface area (Å²) in [6.45, 7) is 0.951. The number of hydrogen-bond acceptors (Lipinski definition) is 4. The molecule has 6 heteroatoms. The van der Waals surface area contributed by atoms with Crippen molar-refractivity contribution in [3.05, 3.63) is 58.6 Å². The number of ether oxygens (including phenoxy) is 2. The SMILES string of the molecule is O=C(c1ccccc1Cl)N1CCSC1c1ccc2c(c1)OCO2. The molecule has 2 aliphatic rings. The highest BCUT2D eigenvalue weighted by Crippen LogP contribution is 2.43. The van der Waals surface area contributed by atoms with Crippen LogP contribution in [0.2, 0.25) is 5.02 Å². The monoisotopic (exact) mass is 347 g/mol. The van der Waals surface area contributed by atoms with Crippen molar-refractivity contribution in [1.29, 1.82) is 0 Å². The van der Waals surface area contributed by atoms with Crippen molar-refractivity contribution in [2.24, 2.45) is 0 Å². The maximum absolute atomic E-state index is 12.9. The van der Waals surface area contributed by atoms with Crippen molar-refractivity contribution in [2.75, 3.05) is 19.1 Å². The van der Waals surface area contributed by atoms with E-state index in [0.717, 1.165) is 22.8 Å². The van der Waals surface area contributed by atoms with Crippen LogP contribution in [-0.2, 0) is 0 Å². The molecule has 4 nitrogen and oxygen atoms in total. The summed E-state index contributed by atoms with van der Waals surface area (Å²) in [7, 11) is 0. The number of hydrogen-bond donors (Lipinski definition) is 0. The first kappa shape index (κ1) is 14.7. The number of halogens is 1. The van der Waals surface area contributed by atoms with E-state index in [-0.39, 0.29) is 18.1 Å². The topological polar surface area (TPSA) is 38.8 Å². The molecule has 1 amide bonds. The molecule has 1 saturated heterocycles. The average Bonchev–Trinajstić information content (AvgIpc) is 3.23. The van der Waals surface area contributed by atoms with Crippen molar-refractivity contribution in [3.8, 4) is 11.5 Å². The Labute approximate surface area is 143 Å². The molecule has 2 aliphatic heterocycles. The van der Waals surface area contributed by atoms with Gasteiger partial charge in [-0.05, 0) is 29.8 Å². The number of fused-ring (bicyclic) bond motifs is 1. The lowest BCUT2D eigenvalue weighted by molar-refractivity contribution is 0.0760. The lowest BCUT2D eigenvalue weighted by Gasteiger charge is -2.24. The molecule has 0 bridgehead atoms. The predicted molar refractivity (Wildman–Crippen MR) is 90.3 cm³/mol. The van der Waals surface area contributed by atoms with Crippen LogP contribution in [0.1, 0.15) is 21.3 Å². The molecule has 118 valence electrons. The van der Waals surface area contributed by atoms with Gasteiger partial charge in [0.2, 0.25) is 6.79 Å². The molecular formula is C17H14ClNO3S. The maximum atomic E-state index is 12.9. The molecular weight excluding hydrogens is 334 g/mol. The smallest absolute Gasteiger partial charge is 0.256 e. The summed E-state index contributed by atoms with van der Waals surface area (Å²) in [6, 6.07) is 13.0. The van der Waals surface area contributed by atoms with Gasteiger partial charge in [0.15, 0.2) is 11.5 Å². The number of thioether (sulfide) groups is 1. The van der Waals surface area contributed by atoms with Crippen molar-refractivity contribution >= 4 is 29.3 Å². The number of amides is 1. The van der Waals surface area contributed by atoms with E-state index in [1.807, 2.05) is 35.2 Å². The zero-order valence-electron chi connectivity index (χ0n) is 12.2. The molecule has 4 rings (SSSR count). The van der Waals surface area contributed by atoms with Gasteiger partial charge in [-0.1, -0.05) is 29.8 Å². The Bertz CT molecular complexity index is 767. The zero-order chi connectivity index (χ0) is 15.8. The summed E-state index contributed by atoms with van der Waals surface area (Å²) >= 11 is 7.92. The molecule has 1 atom stereocenters. The molecule has 2 heterocycles. The fourth-order valence-electron chi connectivity index (χ4n) is 2.81. The Kier molecular flexibility index (Phi) is 3.83. The van der Waals surface area contributed by atoms with E-state index in [1.165, 1.54) is 0 Å². The van der Waals surface area contributed by atoms with Gasteiger partial charge in [-0.3, -0.25) is 4.79 Å². The number of carbonyl (C=O) groups is 1. The Balaban J connectivity index is 1.64. The molecule has 0 spiro atoms. The number of nitrogens with zero attached hydrogens (tertiary/aromatic N) is 1. The second-order valence-corrected chi connectivity index (χ2v) is 6.91. The van der Waals surface area contributed by atoms with Crippen molar-refractivity contribution in [3.63, 3.8) is 0 Å². The molecule has 2 aromatic carbocycles. The standard InChI is InChI=1S/C17H14ClNO3S/c18-13-4-2-1-3-12(13)16(20)19-7-8-23-17(19)11-5-6-14-15(9-11)22-10-21-14/h1-6,9,17H,7-8,10H2. The fraction of sp³-hybridized carbons (Fsp3) is 0.235. The highest BCUT2D eigenvalue weighted by Gasteiger charge is 2.33. The Morgan fingerprint density at radius 3 is 2.87 bits per heavy atom. The summed E-state index contributed by atoms with van der Waals surface area (Å²) in [4.78, 5) is 14.7. The third-order valence-corrected chi connectivity index (χ3v) is 5.53. The summed E-state index contributed by atoms with van der Waals surface area (Å²) in [5, 5.41) is 0.451. The Morgan fingerprint density at radius 2 is 2.00 bits per heavy atom. The van der Waals surface area contributed by atoms with Crippen LogP contribution < -0.4 is 9.47 Å². The van der Waals surface area contributed by atoms with E-state index in [9.17, 15) is 4.79 Å². The molecule has 0 N–H and O–H groups in total. The fourth-order valence-corrected chi connectivity index (χ4v) is 4.27. The Morgan fingerprint density at radius 1 is 1.17 bits per heavy atom. The zero-order valence-corrected chi connectivity index (χ0v) is 13.8. The predicted octanol–water partition coefficient (Wildman–Crippen LogP) is 3.96. The van der Waals surface area contributed by atoms with Gasteiger partial charge in [-0.15, -0.1) is 11.8 Å². The van der Waals surface area contributed by atoms with E-state index in [2.05, 4.69) is 0 Å². The summed E-state index contributed by atoms with van der Waals surface area (Å²) < 4.78 is 10.8. The molecule has 0 radical (unpaired) electrons. The minimum atomic E-state index is -0.0386. The Hall–Kier alpha value is -1.85. The molecule has 1 fully saturated rings. The van der Waals surface area contributed by atoms with Crippen LogP contribution in [-0.4, -0.2) is 29.9 Å². The normalized spacial score (nSPS) is 19.2.